The van der Waals surface area contributed by atoms with E-state index in [1.807, 2.05) is 0 Å². The topological polar surface area (TPSA) is 124 Å². The van der Waals surface area contributed by atoms with Gasteiger partial charge in [-0.15, -0.1) is 39.7 Å². The third-order valence-corrected chi connectivity index (χ3v) is 9.67. The second kappa shape index (κ2) is 11.0. The van der Waals surface area contributed by atoms with Gasteiger partial charge in [0.25, 0.3) is 6.43 Å². The number of hydrogen-bond acceptors (Lipinski definition) is 12. The van der Waals surface area contributed by atoms with Crippen LogP contribution in [0.3, 0.4) is 0 Å². The Morgan fingerprint density at radius 2 is 2.08 bits per heavy atom. The standard InChI is InChI=1S/C21H27F3N8O4S2.HI.H2/c1-12-6-30(7-13-8-35-3-2-31(12)13)16-5-14(38(33,34)28-21(9-22)10-36-11-21)4-15-17(25-29-32(15)16)19-26-27-20(37-19)18(23)24;;/h4-5,12-13,18,25,28-29H,2-3,6-11H2,1H3;2*1H/t12-,13+;;/m0../s1. The lowest BCUT2D eigenvalue weighted by molar-refractivity contribution is -0.0724. The summed E-state index contributed by atoms with van der Waals surface area (Å²) in [5.74, 6) is 0.528. The fraction of sp³-hybridized carbons (Fsp3) is 0.619. The minimum atomic E-state index is -4.19. The number of sulfonamides is 1. The SMILES string of the molecule is C[C@H]1CN(C2=CC(S(=O)(=O)NC3(CF)COC3)=CC3=C(c4nnc(C(F)F)s4)NNN23)C[C@@H]2COCCN21.I.[HH]. The number of hydrazine groups is 2. The molecule has 0 bridgehead atoms. The van der Waals surface area contributed by atoms with Crippen molar-refractivity contribution >= 4 is 51.0 Å². The van der Waals surface area contributed by atoms with Gasteiger partial charge in [0.05, 0.1) is 43.1 Å². The van der Waals surface area contributed by atoms with Crippen molar-refractivity contribution < 1.29 is 32.5 Å². The summed E-state index contributed by atoms with van der Waals surface area (Å²) < 4.78 is 80.4. The van der Waals surface area contributed by atoms with Crippen molar-refractivity contribution in [1.29, 1.82) is 0 Å². The summed E-state index contributed by atoms with van der Waals surface area (Å²) in [6.45, 7) is 4.27. The molecule has 2 atom stereocenters. The summed E-state index contributed by atoms with van der Waals surface area (Å²) in [4.78, 5) is 4.34. The Balaban J connectivity index is 0.00000185. The lowest BCUT2D eigenvalue weighted by atomic mass is 10.0. The number of halogens is 4. The molecule has 12 nitrogen and oxygen atoms in total. The van der Waals surface area contributed by atoms with Gasteiger partial charge in [-0.1, -0.05) is 11.3 Å². The van der Waals surface area contributed by atoms with Crippen LogP contribution in [0.25, 0.3) is 5.70 Å². The number of allylic oxidation sites excluding steroid dienone is 2. The predicted octanol–water partition coefficient (Wildman–Crippen LogP) is 1.13. The van der Waals surface area contributed by atoms with Crippen LogP contribution in [0, 0.1) is 0 Å². The minimum Gasteiger partial charge on any atom is -0.378 e. The number of morpholine rings is 1. The zero-order valence-electron chi connectivity index (χ0n) is 20.8. The van der Waals surface area contributed by atoms with Gasteiger partial charge in [0.15, 0.2) is 10.0 Å². The number of aromatic nitrogens is 2. The van der Waals surface area contributed by atoms with Gasteiger partial charge in [0.1, 0.15) is 23.7 Å². The normalized spacial score (nSPS) is 26.8. The fourth-order valence-corrected chi connectivity index (χ4v) is 7.31. The molecule has 6 rings (SSSR count). The van der Waals surface area contributed by atoms with Crippen molar-refractivity contribution in [2.75, 3.05) is 52.7 Å². The average Bonchev–Trinajstić information content (AvgIpc) is 3.53. The van der Waals surface area contributed by atoms with E-state index in [-0.39, 0.29) is 60.6 Å². The maximum absolute atomic E-state index is 13.7. The molecule has 0 amide bonds. The van der Waals surface area contributed by atoms with Crippen molar-refractivity contribution in [2.24, 2.45) is 0 Å². The van der Waals surface area contributed by atoms with Crippen LogP contribution in [0.2, 0.25) is 0 Å². The average molecular weight is 707 g/mol. The summed E-state index contributed by atoms with van der Waals surface area (Å²) in [6.07, 6.45) is 0.130. The molecule has 3 N–H and O–H groups in total. The van der Waals surface area contributed by atoms with Gasteiger partial charge in [-0.05, 0) is 13.0 Å². The molecule has 1 aromatic heterocycles. The van der Waals surface area contributed by atoms with Gasteiger partial charge in [-0.25, -0.2) is 26.6 Å². The maximum atomic E-state index is 13.7. The minimum absolute atomic E-state index is 0. The third kappa shape index (κ3) is 5.29. The van der Waals surface area contributed by atoms with E-state index in [4.69, 9.17) is 9.47 Å². The van der Waals surface area contributed by atoms with Crippen LogP contribution in [0.1, 0.15) is 24.8 Å². The van der Waals surface area contributed by atoms with Crippen molar-refractivity contribution in [3.8, 4) is 0 Å². The first-order valence-corrected chi connectivity index (χ1v) is 14.4. The molecule has 0 spiro atoms. The number of rotatable bonds is 7. The summed E-state index contributed by atoms with van der Waals surface area (Å²) in [5, 5.41) is 8.81. The molecule has 1 aromatic rings. The van der Waals surface area contributed by atoms with Gasteiger partial charge in [0.2, 0.25) is 10.0 Å². The quantitative estimate of drug-likeness (QED) is 0.354. The van der Waals surface area contributed by atoms with Gasteiger partial charge in [0, 0.05) is 33.2 Å². The summed E-state index contributed by atoms with van der Waals surface area (Å²) in [5.41, 5.74) is 5.27. The second-order valence-electron chi connectivity index (χ2n) is 9.86. The summed E-state index contributed by atoms with van der Waals surface area (Å²) >= 11 is 0.705. The van der Waals surface area contributed by atoms with Crippen molar-refractivity contribution in [3.05, 3.63) is 38.6 Å². The Morgan fingerprint density at radius 3 is 2.74 bits per heavy atom. The zero-order chi connectivity index (χ0) is 26.7. The number of alkyl halides is 3. The molecular weight excluding hydrogens is 676 g/mol. The van der Waals surface area contributed by atoms with E-state index >= 15 is 0 Å². The van der Waals surface area contributed by atoms with E-state index in [0.717, 1.165) is 6.54 Å². The second-order valence-corrected chi connectivity index (χ2v) is 12.6. The molecule has 0 unspecified atom stereocenters. The van der Waals surface area contributed by atoms with E-state index in [1.165, 1.54) is 12.2 Å². The molecule has 0 saturated carbocycles. The van der Waals surface area contributed by atoms with Crippen LogP contribution < -0.4 is 15.7 Å². The lowest BCUT2D eigenvalue weighted by Crippen LogP contribution is -2.64. The zero-order valence-corrected chi connectivity index (χ0v) is 24.7. The highest BCUT2D eigenvalue weighted by Gasteiger charge is 2.45. The molecule has 0 radical (unpaired) electrons. The van der Waals surface area contributed by atoms with E-state index in [2.05, 4.69) is 42.6 Å². The number of nitrogens with one attached hydrogen (secondary N) is 3. The predicted molar refractivity (Wildman–Crippen MR) is 148 cm³/mol. The maximum Gasteiger partial charge on any atom is 0.291 e. The van der Waals surface area contributed by atoms with Crippen molar-refractivity contribution in [3.63, 3.8) is 0 Å². The van der Waals surface area contributed by atoms with Gasteiger partial charge in [-0.2, -0.15) is 4.72 Å². The Labute approximate surface area is 245 Å². The summed E-state index contributed by atoms with van der Waals surface area (Å²) in [6, 6.07) is 0.280. The van der Waals surface area contributed by atoms with Crippen molar-refractivity contribution in [2.45, 2.75) is 31.0 Å². The van der Waals surface area contributed by atoms with E-state index < -0.39 is 33.7 Å². The Kier molecular flexibility index (Phi) is 8.19. The first kappa shape index (κ1) is 29.0. The van der Waals surface area contributed by atoms with E-state index in [0.29, 0.717) is 54.9 Å². The van der Waals surface area contributed by atoms with Crippen LogP contribution in [0.4, 0.5) is 13.2 Å². The van der Waals surface area contributed by atoms with E-state index in [9.17, 15) is 21.6 Å². The molecule has 5 aliphatic rings. The van der Waals surface area contributed by atoms with Crippen LogP contribution in [-0.2, 0) is 19.5 Å². The monoisotopic (exact) mass is 706 g/mol. The highest BCUT2D eigenvalue weighted by molar-refractivity contribution is 14.0. The number of ether oxygens (including phenoxy) is 2. The number of piperazine rings is 1. The summed E-state index contributed by atoms with van der Waals surface area (Å²) in [7, 11) is -4.19. The first-order valence-electron chi connectivity index (χ1n) is 12.1. The smallest absolute Gasteiger partial charge is 0.291 e. The molecule has 18 heteroatoms. The number of hydrogen-bond donors (Lipinski definition) is 3. The number of fused-ring (bicyclic) bond motifs is 2. The van der Waals surface area contributed by atoms with Crippen LogP contribution in [-0.4, -0.2) is 104 Å². The van der Waals surface area contributed by atoms with Crippen molar-refractivity contribution in [1.82, 2.24) is 40.7 Å². The number of nitrogens with zero attached hydrogens (tertiary/aromatic N) is 5. The molecule has 3 fully saturated rings. The van der Waals surface area contributed by atoms with Crippen LogP contribution in [0.5, 0.6) is 0 Å². The van der Waals surface area contributed by atoms with Gasteiger partial charge < -0.3 is 14.4 Å². The molecular formula is C21H30F3IN8O4S2. The van der Waals surface area contributed by atoms with E-state index in [1.54, 1.807) is 5.01 Å². The Bertz CT molecular complexity index is 1310. The molecule has 3 saturated heterocycles. The molecule has 218 valence electrons. The van der Waals surface area contributed by atoms with Gasteiger partial charge in [-0.3, -0.25) is 10.3 Å². The third-order valence-electron chi connectivity index (χ3n) is 7.16. The molecule has 0 aliphatic carbocycles. The highest BCUT2D eigenvalue weighted by Crippen LogP contribution is 2.37. The van der Waals surface area contributed by atoms with Crippen LogP contribution >= 0.6 is 35.3 Å². The fourth-order valence-electron chi connectivity index (χ4n) is 5.21. The lowest BCUT2D eigenvalue weighted by Gasteiger charge is -2.50. The largest absolute Gasteiger partial charge is 0.378 e. The molecule has 39 heavy (non-hydrogen) atoms. The Hall–Kier alpha value is -1.55. The van der Waals surface area contributed by atoms with Crippen LogP contribution in [0.15, 0.2) is 28.6 Å². The Morgan fingerprint density at radius 1 is 1.28 bits per heavy atom. The highest BCUT2D eigenvalue weighted by atomic mass is 127. The molecule has 6 heterocycles. The molecule has 0 aromatic carbocycles. The molecule has 5 aliphatic heterocycles. The van der Waals surface area contributed by atoms with Gasteiger partial charge >= 0.3 is 0 Å². The first-order chi connectivity index (χ1) is 18.2.